The predicted molar refractivity (Wildman–Crippen MR) is 238 cm³/mol. The highest BCUT2D eigenvalue weighted by Crippen LogP contribution is 2.31. The minimum Gasteiger partial charge on any atom is -0.618 e. The van der Waals surface area contributed by atoms with Gasteiger partial charge in [-0.15, -0.1) is 0 Å². The van der Waals surface area contributed by atoms with Crippen molar-refractivity contribution >= 4 is 56.5 Å². The average molecular weight is 855 g/mol. The van der Waals surface area contributed by atoms with Crippen LogP contribution in [0.15, 0.2) is 109 Å². The molecule has 6 aromatic rings. The number of hydrogen-bond donors (Lipinski definition) is 4. The van der Waals surface area contributed by atoms with E-state index in [1.165, 1.54) is 12.3 Å². The second kappa shape index (κ2) is 21.1. The van der Waals surface area contributed by atoms with E-state index in [0.717, 1.165) is 55.1 Å². The number of rotatable bonds is 12. The number of pyridine rings is 2. The zero-order valence-corrected chi connectivity index (χ0v) is 35.2. The number of methoxy groups -OCH3 is 2. The lowest BCUT2D eigenvalue weighted by Crippen LogP contribution is -2.42. The van der Waals surface area contributed by atoms with Crippen molar-refractivity contribution in [2.45, 2.75) is 25.7 Å². The molecular weight excluding hydrogens is 805 g/mol. The number of carbonyl (C=O) groups is 4. The molecule has 4 aromatic carbocycles. The third-order valence-corrected chi connectivity index (χ3v) is 11.2. The molecule has 4 amide bonds. The largest absolute Gasteiger partial charge is 0.618 e. The Morgan fingerprint density at radius 2 is 1.08 bits per heavy atom. The van der Waals surface area contributed by atoms with E-state index in [1.807, 2.05) is 48.5 Å². The molecule has 2 aliphatic rings. The molecule has 15 nitrogen and oxygen atoms in total. The van der Waals surface area contributed by atoms with Gasteiger partial charge in [-0.05, 0) is 90.8 Å². The van der Waals surface area contributed by atoms with Crippen LogP contribution in [-0.2, 0) is 9.47 Å². The van der Waals surface area contributed by atoms with E-state index in [1.54, 1.807) is 62.9 Å². The van der Waals surface area contributed by atoms with Crippen molar-refractivity contribution in [3.63, 3.8) is 0 Å². The Bertz CT molecular complexity index is 2590. The third-order valence-electron chi connectivity index (χ3n) is 11.2. The van der Waals surface area contributed by atoms with E-state index >= 15 is 0 Å². The Labute approximate surface area is 364 Å². The summed E-state index contributed by atoms with van der Waals surface area (Å²) in [5.41, 5.74) is 1.48. The fraction of sp³-hybridized carbons (Fsp3) is 0.292. The fourth-order valence-corrected chi connectivity index (χ4v) is 7.72. The van der Waals surface area contributed by atoms with Gasteiger partial charge >= 0.3 is 11.6 Å². The van der Waals surface area contributed by atoms with E-state index in [4.69, 9.17) is 18.9 Å². The summed E-state index contributed by atoms with van der Waals surface area (Å²) >= 11 is 0. The van der Waals surface area contributed by atoms with Gasteiger partial charge in [0.05, 0.1) is 19.9 Å². The zero-order chi connectivity index (χ0) is 44.1. The summed E-state index contributed by atoms with van der Waals surface area (Å²) in [6.45, 7) is 3.81. The molecule has 15 heteroatoms. The lowest BCUT2D eigenvalue weighted by atomic mass is 10.0. The van der Waals surface area contributed by atoms with Crippen LogP contribution in [0.4, 0.5) is 11.4 Å². The summed E-state index contributed by atoms with van der Waals surface area (Å²) in [5.74, 6) is 0.484. The van der Waals surface area contributed by atoms with Crippen molar-refractivity contribution in [3.8, 4) is 11.5 Å². The molecule has 4 N–H and O–H groups in total. The quantitative estimate of drug-likeness (QED) is 0.0776. The molecule has 0 spiro atoms. The van der Waals surface area contributed by atoms with Crippen LogP contribution >= 0.6 is 0 Å². The molecule has 2 aliphatic heterocycles. The van der Waals surface area contributed by atoms with Gasteiger partial charge in [-0.1, -0.05) is 48.5 Å². The van der Waals surface area contributed by atoms with Gasteiger partial charge in [-0.25, -0.2) is 4.98 Å². The van der Waals surface area contributed by atoms with E-state index in [0.29, 0.717) is 76.6 Å². The molecule has 0 aliphatic carbocycles. The van der Waals surface area contributed by atoms with Crippen molar-refractivity contribution < 1.29 is 42.9 Å². The highest BCUT2D eigenvalue weighted by molar-refractivity contribution is 6.16. The number of benzene rings is 4. The molecular formula is C48H50N6O9. The Morgan fingerprint density at radius 1 is 0.603 bits per heavy atom. The molecule has 0 bridgehead atoms. The van der Waals surface area contributed by atoms with Crippen molar-refractivity contribution in [2.24, 2.45) is 11.8 Å². The lowest BCUT2D eigenvalue weighted by Gasteiger charge is -2.22. The number of anilines is 2. The zero-order valence-electron chi connectivity index (χ0n) is 35.2. The van der Waals surface area contributed by atoms with Gasteiger partial charge < -0.3 is 45.4 Å². The summed E-state index contributed by atoms with van der Waals surface area (Å²) in [7, 11) is 3.17. The summed E-state index contributed by atoms with van der Waals surface area (Å²) < 4.78 is 22.0. The number of carbonyl (C=O) groups excluding carboxylic acids is 4. The maximum atomic E-state index is 13.1. The molecule has 2 aromatic heterocycles. The van der Waals surface area contributed by atoms with Crippen molar-refractivity contribution in [2.75, 3.05) is 64.4 Å². The second-order valence-electron chi connectivity index (χ2n) is 15.2. The number of fused-ring (bicyclic) bond motifs is 2. The summed E-state index contributed by atoms with van der Waals surface area (Å²) in [6, 6.07) is 28.2. The number of nitrogens with one attached hydrogen (secondary N) is 4. The topological polar surface area (TPSA) is 193 Å². The van der Waals surface area contributed by atoms with Gasteiger partial charge in [0.15, 0.2) is 11.9 Å². The van der Waals surface area contributed by atoms with Crippen molar-refractivity contribution in [1.29, 1.82) is 0 Å². The Balaban J connectivity index is 0.000000189. The van der Waals surface area contributed by atoms with Crippen LogP contribution in [0.1, 0.15) is 67.4 Å². The smallest absolute Gasteiger partial charge is 0.319 e. The van der Waals surface area contributed by atoms with Crippen molar-refractivity contribution in [1.82, 2.24) is 15.6 Å². The van der Waals surface area contributed by atoms with Crippen molar-refractivity contribution in [3.05, 3.63) is 137 Å². The second-order valence-corrected chi connectivity index (χ2v) is 15.2. The van der Waals surface area contributed by atoms with E-state index in [-0.39, 0.29) is 28.9 Å². The first kappa shape index (κ1) is 44.0. The number of hydrogen-bond acceptors (Lipinski definition) is 10. The number of nitrogens with zero attached hydrogens (tertiary/aromatic N) is 2. The standard InChI is InChI=1S/C24H25N3O5.C24H25N3O4/c1-31-21-9-8-19(17-5-2-3-6-18(17)21)23(28)26-20-7-4-12-27(30)22(20)24(29)25-15-16-10-13-32-14-11-16;1-30-21-9-8-19(17-5-2-3-6-18(17)21)23(28)27-20-7-4-12-25-22(20)24(29)26-15-16-10-13-31-14-11-16/h2-9,12,16H,10-11,13-15H2,1H3,(H,25,29)(H,26,28);2-9,12,16H,10-11,13-15H2,1H3,(H,26,29)(H,27,28). The molecule has 0 radical (unpaired) electrons. The van der Waals surface area contributed by atoms with Crippen LogP contribution in [0, 0.1) is 17.0 Å². The molecule has 0 unspecified atom stereocenters. The lowest BCUT2D eigenvalue weighted by molar-refractivity contribution is -0.607. The van der Waals surface area contributed by atoms with Gasteiger partial charge in [-0.3, -0.25) is 19.2 Å². The van der Waals surface area contributed by atoms with E-state index in [9.17, 15) is 24.4 Å². The minimum absolute atomic E-state index is 0.147. The Kier molecular flexibility index (Phi) is 14.7. The molecule has 0 saturated carbocycles. The van der Waals surface area contributed by atoms with E-state index < -0.39 is 11.8 Å². The van der Waals surface area contributed by atoms with Crippen LogP contribution < -0.4 is 35.5 Å². The first-order valence-electron chi connectivity index (χ1n) is 20.9. The molecule has 2 fully saturated rings. The highest BCUT2D eigenvalue weighted by Gasteiger charge is 2.26. The van der Waals surface area contributed by atoms with Gasteiger partial charge in [0.1, 0.15) is 17.2 Å². The average Bonchev–Trinajstić information content (AvgIpc) is 3.32. The number of amides is 4. The Hall–Kier alpha value is -7.10. The van der Waals surface area contributed by atoms with E-state index in [2.05, 4.69) is 26.3 Å². The maximum absolute atomic E-state index is 13.1. The fourth-order valence-electron chi connectivity index (χ4n) is 7.72. The highest BCUT2D eigenvalue weighted by atomic mass is 16.5. The van der Waals surface area contributed by atoms with Crippen LogP contribution in [0.5, 0.6) is 11.5 Å². The third kappa shape index (κ3) is 10.7. The number of ether oxygens (including phenoxy) is 4. The first-order chi connectivity index (χ1) is 30.7. The van der Waals surface area contributed by atoms with Crippen LogP contribution in [0.25, 0.3) is 21.5 Å². The normalized spacial score (nSPS) is 14.2. The maximum Gasteiger partial charge on any atom is 0.319 e. The summed E-state index contributed by atoms with van der Waals surface area (Å²) in [6.07, 6.45) is 6.36. The summed E-state index contributed by atoms with van der Waals surface area (Å²) in [4.78, 5) is 56.0. The predicted octanol–water partition coefficient (Wildman–Crippen LogP) is 6.54. The van der Waals surface area contributed by atoms with Gasteiger partial charge in [0.25, 0.3) is 17.7 Å². The van der Waals surface area contributed by atoms with Gasteiger partial charge in [0.2, 0.25) is 0 Å². The van der Waals surface area contributed by atoms with Crippen LogP contribution in [0.3, 0.4) is 0 Å². The van der Waals surface area contributed by atoms with Crippen LogP contribution in [0.2, 0.25) is 0 Å². The molecule has 2 saturated heterocycles. The molecule has 4 heterocycles. The summed E-state index contributed by atoms with van der Waals surface area (Å²) in [5, 5.41) is 26.9. The first-order valence-corrected chi connectivity index (χ1v) is 20.9. The molecule has 326 valence electrons. The molecule has 0 atom stereocenters. The minimum atomic E-state index is -0.526. The Morgan fingerprint density at radius 3 is 1.60 bits per heavy atom. The van der Waals surface area contributed by atoms with Crippen LogP contribution in [-0.4, -0.2) is 82.3 Å². The number of aromatic nitrogens is 2. The van der Waals surface area contributed by atoms with Gasteiger partial charge in [0, 0.05) is 73.7 Å². The molecule has 8 rings (SSSR count). The SMILES string of the molecule is COc1ccc(C(=O)Nc2ccc[n+]([O-])c2C(=O)NCC2CCOCC2)c2ccccc12.COc1ccc(C(=O)Nc2cccnc2C(=O)NCC2CCOCC2)c2ccccc12. The monoisotopic (exact) mass is 854 g/mol. The van der Waals surface area contributed by atoms with Gasteiger partial charge in [-0.2, -0.15) is 4.73 Å². The molecule has 63 heavy (non-hydrogen) atoms.